The fourth-order valence-corrected chi connectivity index (χ4v) is 2.80. The minimum atomic E-state index is 0.450. The van der Waals surface area contributed by atoms with Gasteiger partial charge in [0.15, 0.2) is 0 Å². The average Bonchev–Trinajstić information content (AvgIpc) is 2.33. The molecule has 0 saturated carbocycles. The molecule has 1 aliphatic heterocycles. The van der Waals surface area contributed by atoms with Gasteiger partial charge in [0.25, 0.3) is 0 Å². The highest BCUT2D eigenvalue weighted by molar-refractivity contribution is 6.32. The molecular weight excluding hydrogens is 269 g/mol. The van der Waals surface area contributed by atoms with Crippen molar-refractivity contribution in [3.63, 3.8) is 0 Å². The van der Waals surface area contributed by atoms with Crippen LogP contribution in [-0.2, 0) is 6.54 Å². The lowest BCUT2D eigenvalue weighted by molar-refractivity contribution is 0.139. The van der Waals surface area contributed by atoms with E-state index in [2.05, 4.69) is 28.9 Å². The van der Waals surface area contributed by atoms with E-state index in [0.717, 1.165) is 12.1 Å². The summed E-state index contributed by atoms with van der Waals surface area (Å²) in [7, 11) is 4.33. The maximum Gasteiger partial charge on any atom is 0.135 e. The van der Waals surface area contributed by atoms with E-state index in [4.69, 9.17) is 23.2 Å². The highest BCUT2D eigenvalue weighted by Gasteiger charge is 2.21. The number of pyridine rings is 1. The van der Waals surface area contributed by atoms with Crippen LogP contribution < -0.4 is 0 Å². The van der Waals surface area contributed by atoms with Gasteiger partial charge >= 0.3 is 0 Å². The molecular formula is C13H19Cl2N3. The first-order valence-electron chi connectivity index (χ1n) is 6.26. The first kappa shape index (κ1) is 14.1. The topological polar surface area (TPSA) is 19.4 Å². The largest absolute Gasteiger partial charge is 0.306 e. The van der Waals surface area contributed by atoms with Crippen molar-refractivity contribution in [1.82, 2.24) is 14.8 Å². The van der Waals surface area contributed by atoms with Crippen LogP contribution in [0.4, 0.5) is 0 Å². The van der Waals surface area contributed by atoms with Gasteiger partial charge in [-0.05, 0) is 46.1 Å². The van der Waals surface area contributed by atoms with Gasteiger partial charge in [-0.2, -0.15) is 0 Å². The predicted molar refractivity (Wildman–Crippen MR) is 76.2 cm³/mol. The summed E-state index contributed by atoms with van der Waals surface area (Å²) in [5.41, 5.74) is 1.04. The van der Waals surface area contributed by atoms with E-state index in [9.17, 15) is 0 Å². The zero-order chi connectivity index (χ0) is 13.1. The summed E-state index contributed by atoms with van der Waals surface area (Å²) in [4.78, 5) is 8.82. The molecule has 1 aromatic heterocycles. The molecule has 18 heavy (non-hydrogen) atoms. The summed E-state index contributed by atoms with van der Waals surface area (Å²) in [5, 5.41) is 0.966. The normalized spacial score (nSPS) is 18.5. The Hall–Kier alpha value is -0.350. The number of rotatable bonds is 3. The van der Waals surface area contributed by atoms with Crippen molar-refractivity contribution in [2.75, 3.05) is 27.2 Å². The maximum absolute atomic E-state index is 6.11. The van der Waals surface area contributed by atoms with E-state index in [1.807, 2.05) is 6.07 Å². The van der Waals surface area contributed by atoms with Crippen molar-refractivity contribution >= 4 is 23.2 Å². The minimum Gasteiger partial charge on any atom is -0.306 e. The molecule has 0 unspecified atom stereocenters. The van der Waals surface area contributed by atoms with Crippen molar-refractivity contribution in [1.29, 1.82) is 0 Å². The molecule has 3 nitrogen and oxygen atoms in total. The number of aromatic nitrogens is 1. The fourth-order valence-electron chi connectivity index (χ4n) is 2.39. The Morgan fingerprint density at radius 1 is 1.33 bits per heavy atom. The molecule has 100 valence electrons. The number of piperidine rings is 1. The highest BCUT2D eigenvalue weighted by Crippen LogP contribution is 2.21. The van der Waals surface area contributed by atoms with E-state index in [1.165, 1.54) is 25.9 Å². The van der Waals surface area contributed by atoms with Gasteiger partial charge in [-0.3, -0.25) is 4.90 Å². The van der Waals surface area contributed by atoms with Crippen molar-refractivity contribution < 1.29 is 0 Å². The van der Waals surface area contributed by atoms with Crippen LogP contribution in [0, 0.1) is 0 Å². The van der Waals surface area contributed by atoms with Gasteiger partial charge in [0.2, 0.25) is 0 Å². The molecule has 1 fully saturated rings. The minimum absolute atomic E-state index is 0.450. The lowest BCUT2D eigenvalue weighted by Gasteiger charge is -2.35. The predicted octanol–water partition coefficient (Wildman–Crippen LogP) is 2.91. The molecule has 0 amide bonds. The number of halogens is 2. The summed E-state index contributed by atoms with van der Waals surface area (Å²) in [5.74, 6) is 0. The summed E-state index contributed by atoms with van der Waals surface area (Å²) >= 11 is 11.9. The second kappa shape index (κ2) is 6.20. The molecule has 2 rings (SSSR count). The van der Waals surface area contributed by atoms with Crippen LogP contribution in [0.1, 0.15) is 18.4 Å². The van der Waals surface area contributed by atoms with Gasteiger partial charge in [0.1, 0.15) is 10.3 Å². The van der Waals surface area contributed by atoms with E-state index in [0.29, 0.717) is 16.3 Å². The third-order valence-electron chi connectivity index (χ3n) is 3.62. The number of likely N-dealkylation sites (tertiary alicyclic amines) is 1. The van der Waals surface area contributed by atoms with Crippen molar-refractivity contribution in [3.05, 3.63) is 28.0 Å². The SMILES string of the molecule is CN1CCC(N(C)Cc2ccc(Cl)nc2Cl)CC1. The Balaban J connectivity index is 1.96. The lowest BCUT2D eigenvalue weighted by atomic mass is 10.0. The molecule has 0 atom stereocenters. The van der Waals surface area contributed by atoms with Crippen LogP contribution in [0.3, 0.4) is 0 Å². The monoisotopic (exact) mass is 287 g/mol. The second-order valence-corrected chi connectivity index (χ2v) is 5.78. The molecule has 0 N–H and O–H groups in total. The molecule has 0 aromatic carbocycles. The van der Waals surface area contributed by atoms with Crippen molar-refractivity contribution in [2.45, 2.75) is 25.4 Å². The van der Waals surface area contributed by atoms with Crippen LogP contribution >= 0.6 is 23.2 Å². The Labute approximate surface area is 119 Å². The first-order chi connectivity index (χ1) is 8.56. The molecule has 0 spiro atoms. The molecule has 0 radical (unpaired) electrons. The van der Waals surface area contributed by atoms with Gasteiger partial charge in [0.05, 0.1) is 0 Å². The van der Waals surface area contributed by atoms with E-state index < -0.39 is 0 Å². The van der Waals surface area contributed by atoms with Crippen LogP contribution in [0.5, 0.6) is 0 Å². The van der Waals surface area contributed by atoms with E-state index in [-0.39, 0.29) is 0 Å². The van der Waals surface area contributed by atoms with Gasteiger partial charge in [-0.15, -0.1) is 0 Å². The Kier molecular flexibility index (Phi) is 4.84. The lowest BCUT2D eigenvalue weighted by Crippen LogP contribution is -2.41. The summed E-state index contributed by atoms with van der Waals surface area (Å²) in [6.07, 6.45) is 2.43. The van der Waals surface area contributed by atoms with E-state index in [1.54, 1.807) is 6.07 Å². The smallest absolute Gasteiger partial charge is 0.135 e. The van der Waals surface area contributed by atoms with Crippen molar-refractivity contribution in [2.24, 2.45) is 0 Å². The van der Waals surface area contributed by atoms with Gasteiger partial charge in [-0.25, -0.2) is 4.98 Å². The molecule has 2 heterocycles. The highest BCUT2D eigenvalue weighted by atomic mass is 35.5. The Morgan fingerprint density at radius 3 is 2.61 bits per heavy atom. The molecule has 1 saturated heterocycles. The van der Waals surface area contributed by atoms with E-state index >= 15 is 0 Å². The van der Waals surface area contributed by atoms with Crippen LogP contribution in [0.15, 0.2) is 12.1 Å². The third kappa shape index (κ3) is 3.58. The summed E-state index contributed by atoms with van der Waals surface area (Å²) in [6.45, 7) is 3.17. The zero-order valence-corrected chi connectivity index (χ0v) is 12.4. The number of nitrogens with zero attached hydrogens (tertiary/aromatic N) is 3. The molecule has 1 aliphatic rings. The Morgan fingerprint density at radius 2 is 2.00 bits per heavy atom. The summed E-state index contributed by atoms with van der Waals surface area (Å²) in [6, 6.07) is 4.39. The number of hydrogen-bond acceptors (Lipinski definition) is 3. The first-order valence-corrected chi connectivity index (χ1v) is 7.01. The molecule has 1 aromatic rings. The third-order valence-corrected chi connectivity index (χ3v) is 4.16. The maximum atomic E-state index is 6.11. The fraction of sp³-hybridized carbons (Fsp3) is 0.615. The van der Waals surface area contributed by atoms with Crippen LogP contribution in [-0.4, -0.2) is 48.0 Å². The van der Waals surface area contributed by atoms with Gasteiger partial charge < -0.3 is 4.90 Å². The molecule has 5 heteroatoms. The second-order valence-electron chi connectivity index (χ2n) is 5.03. The van der Waals surface area contributed by atoms with Crippen molar-refractivity contribution in [3.8, 4) is 0 Å². The molecule has 0 bridgehead atoms. The summed E-state index contributed by atoms with van der Waals surface area (Å²) < 4.78 is 0. The van der Waals surface area contributed by atoms with Crippen LogP contribution in [0.25, 0.3) is 0 Å². The van der Waals surface area contributed by atoms with Gasteiger partial charge in [-0.1, -0.05) is 29.3 Å². The molecule has 0 aliphatic carbocycles. The zero-order valence-electron chi connectivity index (χ0n) is 10.9. The number of hydrogen-bond donors (Lipinski definition) is 0. The quantitative estimate of drug-likeness (QED) is 0.797. The van der Waals surface area contributed by atoms with Crippen LogP contribution in [0.2, 0.25) is 10.3 Å². The average molecular weight is 288 g/mol. The standard InChI is InChI=1S/C13H19Cl2N3/c1-17-7-5-11(6-8-17)18(2)9-10-3-4-12(14)16-13(10)15/h3-4,11H,5-9H2,1-2H3. The Bertz CT molecular complexity index is 403. The van der Waals surface area contributed by atoms with Gasteiger partial charge in [0, 0.05) is 18.2 Å².